The minimum absolute atomic E-state index is 0.231. The molecule has 4 nitrogen and oxygen atoms in total. The van der Waals surface area contributed by atoms with Crippen molar-refractivity contribution in [2.24, 2.45) is 33.7 Å². The van der Waals surface area contributed by atoms with Crippen LogP contribution in [0.5, 0.6) is 0 Å². The summed E-state index contributed by atoms with van der Waals surface area (Å²) in [5.41, 5.74) is 8.27. The van der Waals surface area contributed by atoms with E-state index in [0.717, 1.165) is 35.4 Å². The fourth-order valence-corrected chi connectivity index (χ4v) is 8.48. The summed E-state index contributed by atoms with van der Waals surface area (Å²) in [7, 11) is 0. The van der Waals surface area contributed by atoms with Gasteiger partial charge in [-0.1, -0.05) is 73.1 Å². The third-order valence-electron chi connectivity index (χ3n) is 10.5. The van der Waals surface area contributed by atoms with E-state index < -0.39 is 0 Å². The predicted molar refractivity (Wildman–Crippen MR) is 150 cm³/mol. The van der Waals surface area contributed by atoms with E-state index in [2.05, 4.69) is 78.4 Å². The molecule has 0 unspecified atom stereocenters. The average Bonchev–Trinajstić information content (AvgIpc) is 3.50. The van der Waals surface area contributed by atoms with E-state index in [1.54, 1.807) is 5.57 Å². The third-order valence-corrected chi connectivity index (χ3v) is 10.5. The number of aromatic nitrogens is 2. The van der Waals surface area contributed by atoms with E-state index in [0.29, 0.717) is 12.0 Å². The number of benzene rings is 2. The lowest BCUT2D eigenvalue weighted by atomic mass is 9.47. The van der Waals surface area contributed by atoms with E-state index in [9.17, 15) is 0 Å². The predicted octanol–water partition coefficient (Wildman–Crippen LogP) is 8.02. The van der Waals surface area contributed by atoms with Crippen LogP contribution >= 0.6 is 0 Å². The second-order valence-electron chi connectivity index (χ2n) is 12.2. The Morgan fingerprint density at radius 2 is 1.78 bits per heavy atom. The van der Waals surface area contributed by atoms with Gasteiger partial charge in [0.25, 0.3) is 0 Å². The van der Waals surface area contributed by atoms with Crippen molar-refractivity contribution in [2.75, 3.05) is 0 Å². The summed E-state index contributed by atoms with van der Waals surface area (Å²) in [6, 6.07) is 18.9. The molecule has 5 atom stereocenters. The topological polar surface area (TPSA) is 39.4 Å². The number of rotatable bonds is 4. The highest BCUT2D eigenvalue weighted by atomic mass is 16.6. The van der Waals surface area contributed by atoms with E-state index in [4.69, 9.17) is 9.82 Å². The Bertz CT molecular complexity index is 1420. The number of allylic oxidation sites excluding steroid dienone is 4. The lowest BCUT2D eigenvalue weighted by molar-refractivity contribution is -0.0204. The van der Waals surface area contributed by atoms with Gasteiger partial charge in [-0.25, -0.2) is 4.98 Å². The van der Waals surface area contributed by atoms with Crippen molar-refractivity contribution in [3.05, 3.63) is 84.2 Å². The molecule has 4 aliphatic rings. The summed E-state index contributed by atoms with van der Waals surface area (Å²) >= 11 is 0. The fraction of sp³-hybridized carbons (Fsp3) is 0.455. The highest BCUT2D eigenvalue weighted by Gasteiger charge is 2.57. The van der Waals surface area contributed by atoms with E-state index in [-0.39, 0.29) is 5.41 Å². The number of fused-ring (bicyclic) bond motifs is 6. The smallest absolute Gasteiger partial charge is 0.142 e. The number of hydrogen-bond acceptors (Lipinski definition) is 3. The van der Waals surface area contributed by atoms with Crippen molar-refractivity contribution in [3.8, 4) is 0 Å². The standard InChI is InChI=1S/C33H37N3O/c1-32-18-16-25(35-37-21-23-8-4-3-5-9-23)20-24(32)12-13-26-27-14-15-31(33(27,2)19-17-28(26)32)36-22-34-29-10-6-7-11-30(29)36/h3-11,15,20,22,26-28H,12-14,16-19,21H2,1-2H3/b35-25+/t26-,27-,28-,32-,33-/m0/s1. The van der Waals surface area contributed by atoms with Crippen LogP contribution in [0.1, 0.15) is 64.4 Å². The van der Waals surface area contributed by atoms with Gasteiger partial charge in [-0.2, -0.15) is 0 Å². The highest BCUT2D eigenvalue weighted by molar-refractivity contribution is 5.96. The Labute approximate surface area is 220 Å². The molecule has 4 aliphatic carbocycles. The zero-order valence-corrected chi connectivity index (χ0v) is 22.1. The molecule has 3 aromatic rings. The molecule has 37 heavy (non-hydrogen) atoms. The minimum atomic E-state index is 0.231. The molecule has 0 saturated heterocycles. The Balaban J connectivity index is 1.11. The van der Waals surface area contributed by atoms with Crippen LogP contribution < -0.4 is 0 Å². The van der Waals surface area contributed by atoms with Gasteiger partial charge in [0.15, 0.2) is 0 Å². The molecule has 0 spiro atoms. The van der Waals surface area contributed by atoms with Crippen molar-refractivity contribution in [3.63, 3.8) is 0 Å². The van der Waals surface area contributed by atoms with Crippen LogP contribution in [0.2, 0.25) is 0 Å². The maximum absolute atomic E-state index is 5.76. The van der Waals surface area contributed by atoms with Gasteiger partial charge in [-0.15, -0.1) is 0 Å². The normalized spacial score (nSPS) is 33.9. The minimum Gasteiger partial charge on any atom is -0.391 e. The van der Waals surface area contributed by atoms with Crippen molar-refractivity contribution < 1.29 is 4.84 Å². The monoisotopic (exact) mass is 491 g/mol. The molecule has 0 amide bonds. The van der Waals surface area contributed by atoms with Gasteiger partial charge in [0.05, 0.1) is 16.7 Å². The Hall–Kier alpha value is -3.14. The maximum Gasteiger partial charge on any atom is 0.142 e. The van der Waals surface area contributed by atoms with Gasteiger partial charge >= 0.3 is 0 Å². The van der Waals surface area contributed by atoms with Crippen LogP contribution in [0, 0.1) is 28.6 Å². The molecule has 0 radical (unpaired) electrons. The van der Waals surface area contributed by atoms with Gasteiger partial charge in [-0.05, 0) is 91.9 Å². The zero-order valence-electron chi connectivity index (χ0n) is 22.1. The van der Waals surface area contributed by atoms with Crippen LogP contribution in [-0.2, 0) is 11.4 Å². The molecule has 0 bridgehead atoms. The largest absolute Gasteiger partial charge is 0.391 e. The van der Waals surface area contributed by atoms with Crippen LogP contribution in [0.15, 0.2) is 83.8 Å². The van der Waals surface area contributed by atoms with Crippen LogP contribution in [0.25, 0.3) is 16.7 Å². The van der Waals surface area contributed by atoms with Gasteiger partial charge in [0.2, 0.25) is 0 Å². The second kappa shape index (κ2) is 8.72. The molecule has 2 fully saturated rings. The number of para-hydroxylation sites is 2. The molecular weight excluding hydrogens is 454 g/mol. The van der Waals surface area contributed by atoms with E-state index in [1.807, 2.05) is 18.2 Å². The van der Waals surface area contributed by atoms with Gasteiger partial charge in [0, 0.05) is 11.1 Å². The quantitative estimate of drug-likeness (QED) is 0.347. The van der Waals surface area contributed by atoms with Crippen molar-refractivity contribution in [1.29, 1.82) is 0 Å². The first-order chi connectivity index (χ1) is 18.1. The number of nitrogens with zero attached hydrogens (tertiary/aromatic N) is 3. The molecule has 1 aromatic heterocycles. The zero-order chi connectivity index (χ0) is 25.0. The van der Waals surface area contributed by atoms with Crippen LogP contribution in [-0.4, -0.2) is 15.3 Å². The van der Waals surface area contributed by atoms with Gasteiger partial charge in [-0.3, -0.25) is 0 Å². The van der Waals surface area contributed by atoms with Gasteiger partial charge < -0.3 is 9.40 Å². The van der Waals surface area contributed by atoms with Crippen molar-refractivity contribution in [2.45, 2.75) is 65.4 Å². The molecule has 2 saturated carbocycles. The summed E-state index contributed by atoms with van der Waals surface area (Å²) in [6.07, 6.45) is 15.5. The van der Waals surface area contributed by atoms with Crippen LogP contribution in [0.4, 0.5) is 0 Å². The third kappa shape index (κ3) is 3.63. The van der Waals surface area contributed by atoms with Crippen LogP contribution in [0.3, 0.4) is 0 Å². The SMILES string of the molecule is C[C@]12CC/C(=N\OCc3ccccc3)C=C1CC[C@@H]1[C@@H]2CC[C@]2(C)C(n3cnc4ccccc43)=CC[C@@H]12. The number of imidazole rings is 1. The lowest BCUT2D eigenvalue weighted by Gasteiger charge is -2.58. The first-order valence-corrected chi connectivity index (χ1v) is 14.1. The molecule has 7 rings (SSSR count). The average molecular weight is 492 g/mol. The molecule has 0 aliphatic heterocycles. The Kier molecular flexibility index (Phi) is 5.42. The number of oxime groups is 1. The summed E-state index contributed by atoms with van der Waals surface area (Å²) in [6.45, 7) is 5.65. The molecule has 2 aromatic carbocycles. The highest BCUT2D eigenvalue weighted by Crippen LogP contribution is 2.66. The summed E-state index contributed by atoms with van der Waals surface area (Å²) in [4.78, 5) is 10.5. The Morgan fingerprint density at radius 1 is 0.946 bits per heavy atom. The van der Waals surface area contributed by atoms with Crippen molar-refractivity contribution >= 4 is 22.4 Å². The number of hydrogen-bond donors (Lipinski definition) is 0. The molecular formula is C33H37N3O. The first kappa shape index (κ1) is 23.0. The fourth-order valence-electron chi connectivity index (χ4n) is 8.48. The summed E-state index contributed by atoms with van der Waals surface area (Å²) < 4.78 is 2.39. The van der Waals surface area contributed by atoms with E-state index >= 15 is 0 Å². The van der Waals surface area contributed by atoms with E-state index in [1.165, 1.54) is 55.3 Å². The molecule has 0 N–H and O–H groups in total. The molecule has 190 valence electrons. The van der Waals surface area contributed by atoms with Crippen molar-refractivity contribution in [1.82, 2.24) is 9.55 Å². The Morgan fingerprint density at radius 3 is 2.68 bits per heavy atom. The first-order valence-electron chi connectivity index (χ1n) is 14.1. The second-order valence-corrected chi connectivity index (χ2v) is 12.2. The molecule has 1 heterocycles. The summed E-state index contributed by atoms with van der Waals surface area (Å²) in [5.74, 6) is 2.28. The molecule has 4 heteroatoms. The lowest BCUT2D eigenvalue weighted by Crippen LogP contribution is -2.50. The summed E-state index contributed by atoms with van der Waals surface area (Å²) in [5, 5.41) is 4.56. The maximum atomic E-state index is 5.76. The van der Waals surface area contributed by atoms with Gasteiger partial charge in [0.1, 0.15) is 12.9 Å².